The van der Waals surface area contributed by atoms with E-state index in [1.807, 2.05) is 31.2 Å². The molecule has 1 fully saturated rings. The molecule has 0 bridgehead atoms. The number of pyridine rings is 1. The smallest absolute Gasteiger partial charge is 0.272 e. The number of nitrogens with two attached hydrogens (primary N) is 1. The molecule has 2 heterocycles. The molecule has 0 saturated carbocycles. The Balaban J connectivity index is 1.95. The van der Waals surface area contributed by atoms with Crippen LogP contribution < -0.4 is 5.73 Å². The number of carbonyl (C=O) groups excluding carboxylic acids is 1. The third kappa shape index (κ3) is 2.32. The Bertz CT molecular complexity index is 657. The van der Waals surface area contributed by atoms with Crippen molar-refractivity contribution >= 4 is 22.5 Å². The van der Waals surface area contributed by atoms with Crippen molar-refractivity contribution in [3.63, 3.8) is 0 Å². The quantitative estimate of drug-likeness (QED) is 0.856. The molecule has 5 nitrogen and oxygen atoms in total. The van der Waals surface area contributed by atoms with Gasteiger partial charge in [-0.2, -0.15) is 0 Å². The third-order valence-corrected chi connectivity index (χ3v) is 3.52. The van der Waals surface area contributed by atoms with E-state index in [-0.39, 0.29) is 12.0 Å². The summed E-state index contributed by atoms with van der Waals surface area (Å²) in [7, 11) is 0. The zero-order valence-electron chi connectivity index (χ0n) is 11.4. The van der Waals surface area contributed by atoms with Crippen molar-refractivity contribution in [1.82, 2.24) is 9.88 Å². The Morgan fingerprint density at radius 2 is 2.25 bits per heavy atom. The van der Waals surface area contributed by atoms with E-state index < -0.39 is 0 Å². The van der Waals surface area contributed by atoms with Crippen molar-refractivity contribution in [3.05, 3.63) is 36.0 Å². The predicted octanol–water partition coefficient (Wildman–Crippen LogP) is 1.68. The van der Waals surface area contributed by atoms with Crippen LogP contribution in [0, 0.1) is 0 Å². The number of hydrogen-bond donors (Lipinski definition) is 1. The van der Waals surface area contributed by atoms with E-state index >= 15 is 0 Å². The average molecular weight is 271 g/mol. The number of morpholine rings is 1. The molecule has 1 unspecified atom stereocenters. The molecular weight excluding hydrogens is 254 g/mol. The van der Waals surface area contributed by atoms with Crippen LogP contribution >= 0.6 is 0 Å². The van der Waals surface area contributed by atoms with Crippen molar-refractivity contribution in [1.29, 1.82) is 0 Å². The second kappa shape index (κ2) is 5.09. The van der Waals surface area contributed by atoms with Gasteiger partial charge in [0.1, 0.15) is 11.5 Å². The molecule has 2 N–H and O–H groups in total. The fourth-order valence-electron chi connectivity index (χ4n) is 2.50. The number of benzene rings is 1. The van der Waals surface area contributed by atoms with Gasteiger partial charge in [-0.3, -0.25) is 4.79 Å². The van der Waals surface area contributed by atoms with Crippen molar-refractivity contribution < 1.29 is 9.53 Å². The lowest BCUT2D eigenvalue weighted by molar-refractivity contribution is -0.0126. The molecule has 5 heteroatoms. The first-order valence-electron chi connectivity index (χ1n) is 6.71. The van der Waals surface area contributed by atoms with E-state index in [0.29, 0.717) is 31.2 Å². The van der Waals surface area contributed by atoms with Crippen molar-refractivity contribution in [2.45, 2.75) is 13.0 Å². The minimum Gasteiger partial charge on any atom is -0.383 e. The largest absolute Gasteiger partial charge is 0.383 e. The Kier molecular flexibility index (Phi) is 3.28. The van der Waals surface area contributed by atoms with Gasteiger partial charge in [-0.1, -0.05) is 24.3 Å². The van der Waals surface area contributed by atoms with Gasteiger partial charge in [-0.15, -0.1) is 0 Å². The SMILES string of the molecule is CC1CN(C(=O)c2cc3ccccc3c(N)n2)CCO1. The number of aromatic nitrogens is 1. The molecule has 2 aromatic rings. The first-order valence-corrected chi connectivity index (χ1v) is 6.71. The monoisotopic (exact) mass is 271 g/mol. The van der Waals surface area contributed by atoms with Crippen LogP contribution in [0.4, 0.5) is 5.82 Å². The van der Waals surface area contributed by atoms with Gasteiger partial charge >= 0.3 is 0 Å². The predicted molar refractivity (Wildman–Crippen MR) is 77.5 cm³/mol. The van der Waals surface area contributed by atoms with Crippen LogP contribution in [0.3, 0.4) is 0 Å². The normalized spacial score (nSPS) is 19.2. The number of ether oxygens (including phenoxy) is 1. The van der Waals surface area contributed by atoms with Crippen molar-refractivity contribution in [2.75, 3.05) is 25.4 Å². The van der Waals surface area contributed by atoms with Crippen LogP contribution in [0.1, 0.15) is 17.4 Å². The van der Waals surface area contributed by atoms with Gasteiger partial charge in [0.2, 0.25) is 0 Å². The summed E-state index contributed by atoms with van der Waals surface area (Å²) < 4.78 is 5.45. The maximum Gasteiger partial charge on any atom is 0.272 e. The zero-order chi connectivity index (χ0) is 14.1. The molecule has 1 atom stereocenters. The first kappa shape index (κ1) is 12.9. The Hall–Kier alpha value is -2.14. The summed E-state index contributed by atoms with van der Waals surface area (Å²) in [5.41, 5.74) is 6.34. The lowest BCUT2D eigenvalue weighted by atomic mass is 10.1. The molecule has 1 aliphatic heterocycles. The van der Waals surface area contributed by atoms with Crippen LogP contribution in [0.25, 0.3) is 10.8 Å². The molecule has 0 radical (unpaired) electrons. The fourth-order valence-corrected chi connectivity index (χ4v) is 2.50. The van der Waals surface area contributed by atoms with Gasteiger partial charge in [0, 0.05) is 18.5 Å². The minimum absolute atomic E-state index is 0.0607. The summed E-state index contributed by atoms with van der Waals surface area (Å²) >= 11 is 0. The van der Waals surface area contributed by atoms with Crippen LogP contribution in [0.15, 0.2) is 30.3 Å². The summed E-state index contributed by atoms with van der Waals surface area (Å²) in [5.74, 6) is 0.311. The lowest BCUT2D eigenvalue weighted by Crippen LogP contribution is -2.44. The van der Waals surface area contributed by atoms with Gasteiger partial charge in [-0.05, 0) is 18.4 Å². The van der Waals surface area contributed by atoms with Gasteiger partial charge < -0.3 is 15.4 Å². The highest BCUT2D eigenvalue weighted by Crippen LogP contribution is 2.21. The highest BCUT2D eigenvalue weighted by molar-refractivity contribution is 5.99. The number of hydrogen-bond acceptors (Lipinski definition) is 4. The molecule has 0 aliphatic carbocycles. The minimum atomic E-state index is -0.0856. The maximum absolute atomic E-state index is 12.5. The number of amides is 1. The first-order chi connectivity index (χ1) is 9.65. The van der Waals surface area contributed by atoms with E-state index in [4.69, 9.17) is 10.5 Å². The Morgan fingerprint density at radius 1 is 1.45 bits per heavy atom. The number of nitrogen functional groups attached to an aromatic ring is 1. The van der Waals surface area contributed by atoms with Crippen molar-refractivity contribution in [2.24, 2.45) is 0 Å². The summed E-state index contributed by atoms with van der Waals surface area (Å²) in [5, 5.41) is 1.81. The molecule has 3 rings (SSSR count). The Morgan fingerprint density at radius 3 is 3.05 bits per heavy atom. The van der Waals surface area contributed by atoms with Gasteiger partial charge in [0.15, 0.2) is 0 Å². The number of anilines is 1. The summed E-state index contributed by atoms with van der Waals surface area (Å²) in [4.78, 5) is 18.5. The van der Waals surface area contributed by atoms with E-state index in [1.165, 1.54) is 0 Å². The van der Waals surface area contributed by atoms with E-state index in [9.17, 15) is 4.79 Å². The molecule has 1 aliphatic rings. The second-order valence-electron chi connectivity index (χ2n) is 5.05. The molecule has 1 aromatic heterocycles. The van der Waals surface area contributed by atoms with Crippen LogP contribution in [-0.4, -0.2) is 41.6 Å². The number of carbonyl (C=O) groups is 1. The summed E-state index contributed by atoms with van der Waals surface area (Å²) in [6.07, 6.45) is 0.0607. The van der Waals surface area contributed by atoms with Crippen LogP contribution in [-0.2, 0) is 4.74 Å². The maximum atomic E-state index is 12.5. The third-order valence-electron chi connectivity index (χ3n) is 3.52. The molecule has 1 saturated heterocycles. The lowest BCUT2D eigenvalue weighted by Gasteiger charge is -2.31. The number of nitrogens with zero attached hydrogens (tertiary/aromatic N) is 2. The number of rotatable bonds is 1. The molecule has 20 heavy (non-hydrogen) atoms. The highest BCUT2D eigenvalue weighted by Gasteiger charge is 2.23. The molecule has 1 aromatic carbocycles. The van der Waals surface area contributed by atoms with E-state index in [2.05, 4.69) is 4.98 Å². The fraction of sp³-hybridized carbons (Fsp3) is 0.333. The number of fused-ring (bicyclic) bond motifs is 1. The molecular formula is C15H17N3O2. The highest BCUT2D eigenvalue weighted by atomic mass is 16.5. The summed E-state index contributed by atoms with van der Waals surface area (Å²) in [6.45, 7) is 3.71. The summed E-state index contributed by atoms with van der Waals surface area (Å²) in [6, 6.07) is 9.47. The topological polar surface area (TPSA) is 68.5 Å². The van der Waals surface area contributed by atoms with Crippen LogP contribution in [0.5, 0.6) is 0 Å². The average Bonchev–Trinajstić information content (AvgIpc) is 2.46. The second-order valence-corrected chi connectivity index (χ2v) is 5.05. The molecule has 104 valence electrons. The van der Waals surface area contributed by atoms with E-state index in [0.717, 1.165) is 10.8 Å². The van der Waals surface area contributed by atoms with Gasteiger partial charge in [-0.25, -0.2) is 4.98 Å². The molecule has 0 spiro atoms. The Labute approximate surface area is 117 Å². The van der Waals surface area contributed by atoms with Crippen LogP contribution in [0.2, 0.25) is 0 Å². The van der Waals surface area contributed by atoms with Crippen molar-refractivity contribution in [3.8, 4) is 0 Å². The van der Waals surface area contributed by atoms with Gasteiger partial charge in [0.05, 0.1) is 12.7 Å². The van der Waals surface area contributed by atoms with Gasteiger partial charge in [0.25, 0.3) is 5.91 Å². The van der Waals surface area contributed by atoms with E-state index in [1.54, 1.807) is 11.0 Å². The standard InChI is InChI=1S/C15H17N3O2/c1-10-9-18(6-7-20-10)15(19)13-8-11-4-2-3-5-12(11)14(16)17-13/h2-5,8,10H,6-7,9H2,1H3,(H2,16,17). The molecule has 1 amide bonds. The zero-order valence-corrected chi connectivity index (χ0v) is 11.4.